The maximum atomic E-state index is 14.0. The first-order chi connectivity index (χ1) is 44.9. The van der Waals surface area contributed by atoms with Crippen molar-refractivity contribution in [3.63, 3.8) is 0 Å². The summed E-state index contributed by atoms with van der Waals surface area (Å²) in [5.74, 6) is -17.2. The fourth-order valence-corrected chi connectivity index (χ4v) is 10.6. The van der Waals surface area contributed by atoms with Gasteiger partial charge in [-0.05, 0) is 81.9 Å². The van der Waals surface area contributed by atoms with Crippen molar-refractivity contribution in [2.75, 3.05) is 45.8 Å². The third kappa shape index (κ3) is 25.2. The molecule has 0 radical (unpaired) electrons. The van der Waals surface area contributed by atoms with E-state index in [1.54, 1.807) is 12.3 Å². The molecule has 522 valence electrons. The van der Waals surface area contributed by atoms with Crippen LogP contribution in [-0.2, 0) is 83.1 Å². The van der Waals surface area contributed by atoms with Gasteiger partial charge in [-0.25, -0.2) is 0 Å². The van der Waals surface area contributed by atoms with Crippen LogP contribution in [0, 0.1) is 5.92 Å². The topological polar surface area (TPSA) is 599 Å². The van der Waals surface area contributed by atoms with Crippen LogP contribution in [0.25, 0.3) is 10.9 Å². The lowest BCUT2D eigenvalue weighted by Gasteiger charge is -2.30. The lowest BCUT2D eigenvalue weighted by Crippen LogP contribution is -2.59. The Labute approximate surface area is 544 Å². The molecule has 3 heterocycles. The number of nitrogens with one attached hydrogen (secondary N) is 11. The van der Waals surface area contributed by atoms with Crippen molar-refractivity contribution in [3.8, 4) is 0 Å². The van der Waals surface area contributed by atoms with Crippen LogP contribution in [0.5, 0.6) is 0 Å². The number of aliphatic carboxylic acids is 2. The Kier molecular flexibility index (Phi) is 30.7. The van der Waals surface area contributed by atoms with Gasteiger partial charge in [-0.3, -0.25) is 81.7 Å². The Bertz CT molecular complexity index is 3190. The summed E-state index contributed by atoms with van der Waals surface area (Å²) in [5, 5.41) is 43.7. The summed E-state index contributed by atoms with van der Waals surface area (Å²) in [6.07, 6.45) is 0.925. The molecule has 1 aromatic heterocycles. The lowest BCUT2D eigenvalue weighted by atomic mass is 10.0. The maximum absolute atomic E-state index is 14.0. The van der Waals surface area contributed by atoms with Crippen molar-refractivity contribution in [2.45, 2.75) is 159 Å². The number of carbonyl (C=O) groups excluding carboxylic acids is 14. The van der Waals surface area contributed by atoms with Crippen LogP contribution in [0.2, 0.25) is 0 Å². The van der Waals surface area contributed by atoms with E-state index >= 15 is 0 Å². The third-order valence-electron chi connectivity index (χ3n) is 15.3. The maximum Gasteiger partial charge on any atom is 0.305 e. The summed E-state index contributed by atoms with van der Waals surface area (Å²) >= 11 is 0. The van der Waals surface area contributed by atoms with Crippen molar-refractivity contribution in [1.82, 2.24) is 68.0 Å². The molecule has 2 aliphatic heterocycles. The van der Waals surface area contributed by atoms with E-state index in [2.05, 4.69) is 63.1 Å². The van der Waals surface area contributed by atoms with Crippen LogP contribution in [0.3, 0.4) is 0 Å². The number of carbonyl (C=O) groups is 16. The number of hydrogen-bond acceptors (Lipinski definition) is 18. The normalized spacial score (nSPS) is 16.4. The van der Waals surface area contributed by atoms with Gasteiger partial charge in [0.15, 0.2) is 5.96 Å². The molecule has 4 rings (SSSR count). The van der Waals surface area contributed by atoms with Crippen molar-refractivity contribution < 1.29 is 86.9 Å². The number of primary amides is 2. The average Bonchev–Trinajstić information content (AvgIpc) is 1.73. The minimum atomic E-state index is -1.92. The standard InChI is InChI=1S/C58H87N19O18/c1-29(2)48(56(94)68-26-43(80)66-28-45(82)76-19-9-15-40(76)54(92)72-36(21-31-25-65-33-12-5-4-11-32(31)33)52(90)71-34(49(61)87)13-6-7-17-59)75-53(91)38(24-47(85)86)70-44(81)27-67-50(88)37(23-46(83)84)73-55(93)41-16-10-20-77(41)57(95)39(22-42(60)79)74-51(89)35(69-30(3)78)14-8-18-64-58(62)63/h4-5,11-12,25,29,34-41,48,65H,6-10,13-24,26-28,59H2,1-3H3,(H2,60,79)(H2,61,87)(H,66,80)(H,67,88)(H,68,94)(H,69,78)(H,70,81)(H,71,90)(H,72,92)(H,73,93)(H,74,89)(H,75,91)(H,83,84)(H,85,86)(H4,62,63,64)/t34-,35-,36-,37-,38-,39-,40-,41-,48-/m0/s1. The van der Waals surface area contributed by atoms with Crippen LogP contribution in [0.15, 0.2) is 35.5 Å². The van der Waals surface area contributed by atoms with E-state index in [1.807, 2.05) is 18.2 Å². The zero-order chi connectivity index (χ0) is 70.6. The van der Waals surface area contributed by atoms with Crippen LogP contribution in [0.1, 0.15) is 103 Å². The number of unbranched alkanes of at least 4 members (excludes halogenated alkanes) is 1. The van der Waals surface area contributed by atoms with E-state index in [-0.39, 0.29) is 70.5 Å². The first-order valence-electron chi connectivity index (χ1n) is 30.7. The Morgan fingerprint density at radius 1 is 0.589 bits per heavy atom. The fraction of sp³-hybridized carbons (Fsp3) is 0.569. The molecule has 1 aromatic carbocycles. The molecule has 2 aliphatic rings. The molecule has 2 fully saturated rings. The smallest absolute Gasteiger partial charge is 0.305 e. The second-order valence-electron chi connectivity index (χ2n) is 23.1. The summed E-state index contributed by atoms with van der Waals surface area (Å²) in [6.45, 7) is 2.09. The van der Waals surface area contributed by atoms with Gasteiger partial charge in [0.25, 0.3) is 0 Å². The van der Waals surface area contributed by atoms with Gasteiger partial charge in [-0.2, -0.15) is 0 Å². The summed E-state index contributed by atoms with van der Waals surface area (Å²) in [4.78, 5) is 219. The van der Waals surface area contributed by atoms with Crippen LogP contribution in [-0.4, -0.2) is 226 Å². The van der Waals surface area contributed by atoms with E-state index in [1.165, 1.54) is 18.7 Å². The Morgan fingerprint density at radius 2 is 1.15 bits per heavy atom. The minimum absolute atomic E-state index is 0.0135. The largest absolute Gasteiger partial charge is 0.481 e. The highest BCUT2D eigenvalue weighted by Gasteiger charge is 2.42. The number of rotatable bonds is 39. The zero-order valence-electron chi connectivity index (χ0n) is 53.0. The van der Waals surface area contributed by atoms with Gasteiger partial charge in [0, 0.05) is 50.1 Å². The van der Waals surface area contributed by atoms with Gasteiger partial charge in [-0.1, -0.05) is 32.0 Å². The van der Waals surface area contributed by atoms with Gasteiger partial charge in [0.05, 0.1) is 38.9 Å². The molecule has 0 aliphatic carbocycles. The Morgan fingerprint density at radius 3 is 1.75 bits per heavy atom. The van der Waals surface area contributed by atoms with Gasteiger partial charge in [0.1, 0.15) is 54.4 Å². The number of para-hydroxylation sites is 1. The molecule has 37 heteroatoms. The van der Waals surface area contributed by atoms with E-state index in [9.17, 15) is 86.9 Å². The predicted octanol–water partition coefficient (Wildman–Crippen LogP) is -7.40. The molecule has 37 nitrogen and oxygen atoms in total. The zero-order valence-corrected chi connectivity index (χ0v) is 53.0. The number of aromatic amines is 1. The quantitative estimate of drug-likeness (QED) is 0.0168. The number of fused-ring (bicyclic) bond motifs is 1. The molecule has 2 saturated heterocycles. The van der Waals surface area contributed by atoms with Gasteiger partial charge in [-0.15, -0.1) is 0 Å². The molecule has 0 bridgehead atoms. The predicted molar refractivity (Wildman–Crippen MR) is 335 cm³/mol. The first kappa shape index (κ1) is 77.0. The van der Waals surface area contributed by atoms with Crippen LogP contribution in [0.4, 0.5) is 0 Å². The molecule has 95 heavy (non-hydrogen) atoms. The number of aromatic nitrogens is 1. The number of nitrogens with zero attached hydrogens (tertiary/aromatic N) is 3. The summed E-state index contributed by atoms with van der Waals surface area (Å²) in [5.41, 5.74) is 28.8. The van der Waals surface area contributed by atoms with Gasteiger partial charge < -0.3 is 107 Å². The third-order valence-corrected chi connectivity index (χ3v) is 15.3. The lowest BCUT2D eigenvalue weighted by molar-refractivity contribution is -0.144. The SMILES string of the molecule is CC(=O)N[C@@H](CCCN=C(N)N)C(=O)N[C@@H](CC(N)=O)C(=O)N1CCC[C@H]1C(=O)N[C@@H](CC(=O)O)C(=O)NCC(=O)N[C@@H](CC(=O)O)C(=O)N[C@H](C(=O)NCC(=O)NCC(=O)N1CCC[C@H]1C(=O)N[C@@H](Cc1c[nH]c2ccccc12)C(=O)N[C@@H](CCCCN)C(N)=O)C(C)C. The van der Waals surface area contributed by atoms with Crippen molar-refractivity contribution >= 4 is 112 Å². The number of carboxylic acid groups (broad SMARTS) is 2. The number of amides is 14. The number of nitrogens with two attached hydrogens (primary N) is 5. The number of aliphatic imine (C=N–C) groups is 1. The molecule has 2 aromatic rings. The van der Waals surface area contributed by atoms with Crippen molar-refractivity contribution in [3.05, 3.63) is 36.0 Å². The summed E-state index contributed by atoms with van der Waals surface area (Å²) < 4.78 is 0. The highest BCUT2D eigenvalue weighted by atomic mass is 16.4. The van der Waals surface area contributed by atoms with Crippen molar-refractivity contribution in [2.24, 2.45) is 39.6 Å². The number of hydrogen-bond donors (Lipinski definition) is 18. The Hall–Kier alpha value is -10.5. The molecule has 0 saturated carbocycles. The number of guanidine groups is 1. The van der Waals surface area contributed by atoms with E-state index in [0.717, 1.165) is 22.7 Å². The molecular formula is C58H87N19O18. The fourth-order valence-electron chi connectivity index (χ4n) is 10.6. The highest BCUT2D eigenvalue weighted by molar-refractivity contribution is 6.01. The molecule has 0 unspecified atom stereocenters. The second-order valence-corrected chi connectivity index (χ2v) is 23.1. The van der Waals surface area contributed by atoms with Crippen molar-refractivity contribution in [1.29, 1.82) is 0 Å². The monoisotopic (exact) mass is 1340 g/mol. The van der Waals surface area contributed by atoms with Crippen LogP contribution >= 0.6 is 0 Å². The average molecular weight is 1340 g/mol. The summed E-state index contributed by atoms with van der Waals surface area (Å²) in [6, 6.07) is -5.70. The number of carboxylic acids is 2. The molecular weight excluding hydrogens is 1250 g/mol. The van der Waals surface area contributed by atoms with E-state index in [4.69, 9.17) is 28.7 Å². The van der Waals surface area contributed by atoms with E-state index in [0.29, 0.717) is 31.4 Å². The molecule has 14 amide bonds. The molecule has 0 spiro atoms. The number of benzene rings is 1. The molecule has 9 atom stereocenters. The second kappa shape index (κ2) is 37.9. The van der Waals surface area contributed by atoms with Crippen LogP contribution < -0.4 is 81.8 Å². The minimum Gasteiger partial charge on any atom is -0.481 e. The molecule has 23 N–H and O–H groups in total. The number of likely N-dealkylation sites (tertiary alicyclic amines) is 2. The van der Waals surface area contributed by atoms with E-state index < -0.39 is 194 Å². The number of H-pyrrole nitrogens is 1. The summed E-state index contributed by atoms with van der Waals surface area (Å²) in [7, 11) is 0. The van der Waals surface area contributed by atoms with Gasteiger partial charge >= 0.3 is 11.9 Å². The van der Waals surface area contributed by atoms with Gasteiger partial charge in [0.2, 0.25) is 82.7 Å². The highest BCUT2D eigenvalue weighted by Crippen LogP contribution is 2.23. The first-order valence-corrected chi connectivity index (χ1v) is 30.7. The Balaban J connectivity index is 1.33.